The Balaban J connectivity index is 3.27. The van der Waals surface area contributed by atoms with Crippen LogP contribution in [0.3, 0.4) is 0 Å². The lowest BCUT2D eigenvalue weighted by Crippen LogP contribution is -2.63. The second-order valence-corrected chi connectivity index (χ2v) is 6.68. The summed E-state index contributed by atoms with van der Waals surface area (Å²) in [6, 6.07) is -0.121. The van der Waals surface area contributed by atoms with Gasteiger partial charge in [-0.15, -0.1) is 5.73 Å². The molecule has 120 valence electrons. The van der Waals surface area contributed by atoms with Crippen molar-refractivity contribution in [2.45, 2.75) is 64.8 Å². The van der Waals surface area contributed by atoms with E-state index in [0.717, 1.165) is 6.42 Å². The summed E-state index contributed by atoms with van der Waals surface area (Å²) in [4.78, 5) is 11.7. The van der Waals surface area contributed by atoms with Gasteiger partial charge in [-0.25, -0.2) is 0 Å². The van der Waals surface area contributed by atoms with Crippen molar-refractivity contribution in [2.75, 3.05) is 7.05 Å². The summed E-state index contributed by atoms with van der Waals surface area (Å²) in [6.45, 7) is 13.9. The predicted molar refractivity (Wildman–Crippen MR) is 86.1 cm³/mol. The second kappa shape index (κ2) is 7.26. The summed E-state index contributed by atoms with van der Waals surface area (Å²) in [5, 5.41) is 6.45. The first kappa shape index (κ1) is 18.0. The van der Waals surface area contributed by atoms with Crippen LogP contribution < -0.4 is 10.6 Å². The Morgan fingerprint density at radius 2 is 2.05 bits per heavy atom. The Morgan fingerprint density at radius 1 is 1.43 bits per heavy atom. The third-order valence-electron chi connectivity index (χ3n) is 4.12. The van der Waals surface area contributed by atoms with Crippen LogP contribution in [0.5, 0.6) is 0 Å². The van der Waals surface area contributed by atoms with Crippen LogP contribution in [0.25, 0.3) is 0 Å². The van der Waals surface area contributed by atoms with Crippen molar-refractivity contribution in [3.05, 3.63) is 18.4 Å². The SMILES string of the molecule is C=C=C[C@]1(NC)[C@H](C(C)C)O[C@H](CC(C)C)[C@@H]1NC(C)=O. The van der Waals surface area contributed by atoms with E-state index >= 15 is 0 Å². The number of nitrogens with one attached hydrogen (secondary N) is 2. The highest BCUT2D eigenvalue weighted by atomic mass is 16.5. The smallest absolute Gasteiger partial charge is 0.217 e. The summed E-state index contributed by atoms with van der Waals surface area (Å²) in [5.41, 5.74) is 2.42. The molecule has 2 N–H and O–H groups in total. The Labute approximate surface area is 129 Å². The van der Waals surface area contributed by atoms with Gasteiger partial charge in [0, 0.05) is 6.92 Å². The summed E-state index contributed by atoms with van der Waals surface area (Å²) in [7, 11) is 1.90. The standard InChI is InChI=1S/C17H30N2O2/c1-8-9-17(18-7)15(19-13(6)20)14(10-11(2)3)21-16(17)12(4)5/h9,11-12,14-16,18H,1,10H2,2-7H3,(H,19,20)/t14-,15+,16+,17-/m1/s1. The topological polar surface area (TPSA) is 50.4 Å². The number of carbonyl (C=O) groups excluding carboxylic acids is 1. The molecule has 1 saturated heterocycles. The van der Waals surface area contributed by atoms with Gasteiger partial charge in [-0.3, -0.25) is 4.79 Å². The van der Waals surface area contributed by atoms with Crippen molar-refractivity contribution in [3.8, 4) is 0 Å². The number of hydrogen-bond donors (Lipinski definition) is 2. The predicted octanol–water partition coefficient (Wildman–Crippen LogP) is 2.26. The van der Waals surface area contributed by atoms with Crippen molar-refractivity contribution in [2.24, 2.45) is 11.8 Å². The third kappa shape index (κ3) is 3.76. The minimum atomic E-state index is -0.471. The van der Waals surface area contributed by atoms with E-state index in [-0.39, 0.29) is 24.2 Å². The first-order valence-electron chi connectivity index (χ1n) is 7.77. The van der Waals surface area contributed by atoms with Gasteiger partial charge < -0.3 is 15.4 Å². The van der Waals surface area contributed by atoms with E-state index in [4.69, 9.17) is 4.74 Å². The van der Waals surface area contributed by atoms with Gasteiger partial charge in [0.25, 0.3) is 0 Å². The molecular formula is C17H30N2O2. The van der Waals surface area contributed by atoms with Crippen LogP contribution >= 0.6 is 0 Å². The molecular weight excluding hydrogens is 264 g/mol. The number of ether oxygens (including phenoxy) is 1. The van der Waals surface area contributed by atoms with Crippen molar-refractivity contribution >= 4 is 5.91 Å². The van der Waals surface area contributed by atoms with E-state index in [1.54, 1.807) is 6.92 Å². The maximum absolute atomic E-state index is 11.7. The molecule has 0 aromatic carbocycles. The van der Waals surface area contributed by atoms with Gasteiger partial charge in [0.15, 0.2) is 0 Å². The molecule has 0 spiro atoms. The lowest BCUT2D eigenvalue weighted by molar-refractivity contribution is -0.120. The molecule has 1 heterocycles. The van der Waals surface area contributed by atoms with Crippen LogP contribution in [0, 0.1) is 11.8 Å². The molecule has 4 nitrogen and oxygen atoms in total. The minimum Gasteiger partial charge on any atom is -0.370 e. The Morgan fingerprint density at radius 3 is 2.43 bits per heavy atom. The van der Waals surface area contributed by atoms with Crippen LogP contribution in [-0.4, -0.2) is 36.7 Å². The summed E-state index contributed by atoms with van der Waals surface area (Å²) in [6.07, 6.45) is 2.77. The first-order valence-corrected chi connectivity index (χ1v) is 7.77. The van der Waals surface area contributed by atoms with Gasteiger partial charge >= 0.3 is 0 Å². The van der Waals surface area contributed by atoms with Gasteiger partial charge in [-0.2, -0.15) is 0 Å². The number of likely N-dealkylation sites (N-methyl/N-ethyl adjacent to an activating group) is 1. The zero-order valence-electron chi connectivity index (χ0n) is 14.2. The van der Waals surface area contributed by atoms with E-state index in [0.29, 0.717) is 11.8 Å². The van der Waals surface area contributed by atoms with Crippen molar-refractivity contribution < 1.29 is 9.53 Å². The fourth-order valence-electron chi connectivity index (χ4n) is 3.37. The molecule has 1 amide bonds. The Kier molecular flexibility index (Phi) is 6.21. The average Bonchev–Trinajstić information content (AvgIpc) is 2.64. The molecule has 0 radical (unpaired) electrons. The quantitative estimate of drug-likeness (QED) is 0.739. The normalized spacial score (nSPS) is 32.3. The first-order chi connectivity index (χ1) is 9.78. The lowest BCUT2D eigenvalue weighted by Gasteiger charge is -2.37. The van der Waals surface area contributed by atoms with Crippen molar-refractivity contribution in [3.63, 3.8) is 0 Å². The second-order valence-electron chi connectivity index (χ2n) is 6.68. The molecule has 0 aromatic heterocycles. The minimum absolute atomic E-state index is 0.0154. The van der Waals surface area contributed by atoms with Crippen LogP contribution in [0.4, 0.5) is 0 Å². The molecule has 0 unspecified atom stereocenters. The van der Waals surface area contributed by atoms with E-state index in [9.17, 15) is 4.79 Å². The van der Waals surface area contributed by atoms with Crippen LogP contribution in [0.15, 0.2) is 18.4 Å². The van der Waals surface area contributed by atoms with Crippen LogP contribution in [-0.2, 0) is 9.53 Å². The highest BCUT2D eigenvalue weighted by Gasteiger charge is 2.55. The maximum atomic E-state index is 11.7. The van der Waals surface area contributed by atoms with Crippen molar-refractivity contribution in [1.29, 1.82) is 0 Å². The molecule has 21 heavy (non-hydrogen) atoms. The van der Waals surface area contributed by atoms with Gasteiger partial charge in [-0.05, 0) is 31.4 Å². The van der Waals surface area contributed by atoms with E-state index < -0.39 is 5.54 Å². The third-order valence-corrected chi connectivity index (χ3v) is 4.12. The van der Waals surface area contributed by atoms with Gasteiger partial charge in [-0.1, -0.05) is 34.3 Å². The molecule has 0 aliphatic carbocycles. The number of rotatable bonds is 6. The largest absolute Gasteiger partial charge is 0.370 e. The Bertz CT molecular complexity index is 413. The molecule has 1 rings (SSSR count). The molecule has 4 atom stereocenters. The number of amides is 1. The zero-order chi connectivity index (χ0) is 16.2. The van der Waals surface area contributed by atoms with Crippen LogP contribution in [0.1, 0.15) is 41.0 Å². The molecule has 1 fully saturated rings. The summed E-state index contributed by atoms with van der Waals surface area (Å²) < 4.78 is 6.33. The Hall–Kier alpha value is -1.09. The molecule has 4 heteroatoms. The molecule has 0 aromatic rings. The molecule has 1 aliphatic heterocycles. The van der Waals surface area contributed by atoms with Gasteiger partial charge in [0.05, 0.1) is 23.8 Å². The molecule has 0 bridgehead atoms. The monoisotopic (exact) mass is 294 g/mol. The van der Waals surface area contributed by atoms with E-state index in [1.807, 2.05) is 13.1 Å². The van der Waals surface area contributed by atoms with E-state index in [1.165, 1.54) is 0 Å². The lowest BCUT2D eigenvalue weighted by atomic mass is 9.79. The fraction of sp³-hybridized carbons (Fsp3) is 0.765. The zero-order valence-corrected chi connectivity index (χ0v) is 14.2. The average molecular weight is 294 g/mol. The highest BCUT2D eigenvalue weighted by Crippen LogP contribution is 2.38. The maximum Gasteiger partial charge on any atom is 0.217 e. The van der Waals surface area contributed by atoms with Crippen molar-refractivity contribution in [1.82, 2.24) is 10.6 Å². The van der Waals surface area contributed by atoms with Crippen LogP contribution in [0.2, 0.25) is 0 Å². The molecule has 0 saturated carbocycles. The van der Waals surface area contributed by atoms with E-state index in [2.05, 4.69) is 50.6 Å². The fourth-order valence-corrected chi connectivity index (χ4v) is 3.37. The highest BCUT2D eigenvalue weighted by molar-refractivity contribution is 5.73. The number of carbonyl (C=O) groups is 1. The van der Waals surface area contributed by atoms with Gasteiger partial charge in [0.1, 0.15) is 0 Å². The van der Waals surface area contributed by atoms with Gasteiger partial charge in [0.2, 0.25) is 5.91 Å². The summed E-state index contributed by atoms with van der Waals surface area (Å²) >= 11 is 0. The molecule has 1 aliphatic rings. The number of hydrogen-bond acceptors (Lipinski definition) is 3. The summed E-state index contributed by atoms with van der Waals surface area (Å²) in [5.74, 6) is 0.772.